The van der Waals surface area contributed by atoms with E-state index < -0.39 is 5.97 Å². The van der Waals surface area contributed by atoms with Gasteiger partial charge in [0.2, 0.25) is 0 Å². The summed E-state index contributed by atoms with van der Waals surface area (Å²) in [6.07, 6.45) is 0.513. The molecule has 0 saturated heterocycles. The number of hydrogen-bond donors (Lipinski definition) is 1. The third-order valence-electron chi connectivity index (χ3n) is 4.40. The van der Waals surface area contributed by atoms with E-state index in [0.29, 0.717) is 48.0 Å². The smallest absolute Gasteiger partial charge is 0.303 e. The minimum Gasteiger partial charge on any atom is -0.493 e. The van der Waals surface area contributed by atoms with E-state index in [0.717, 1.165) is 22.2 Å². The molecule has 0 aliphatic rings. The first-order chi connectivity index (χ1) is 13.9. The summed E-state index contributed by atoms with van der Waals surface area (Å²) in [5.74, 6) is -0.175. The van der Waals surface area contributed by atoms with Crippen LogP contribution in [0.25, 0.3) is 11.0 Å². The maximum atomic E-state index is 10.7. The second kappa shape index (κ2) is 9.37. The zero-order valence-electron chi connectivity index (χ0n) is 16.2. The average Bonchev–Trinajstić information content (AvgIpc) is 2.99. The Kier molecular flexibility index (Phi) is 6.87. The summed E-state index contributed by atoms with van der Waals surface area (Å²) in [7, 11) is 0. The van der Waals surface area contributed by atoms with Crippen molar-refractivity contribution >= 4 is 40.2 Å². The van der Waals surface area contributed by atoms with Crippen molar-refractivity contribution in [2.24, 2.45) is 0 Å². The van der Waals surface area contributed by atoms with Crippen molar-refractivity contribution in [3.63, 3.8) is 0 Å². The summed E-state index contributed by atoms with van der Waals surface area (Å²) in [5, 5.41) is 9.91. The maximum absolute atomic E-state index is 10.7. The number of halogens is 2. The first-order valence-corrected chi connectivity index (χ1v) is 10.1. The van der Waals surface area contributed by atoms with E-state index in [1.165, 1.54) is 0 Å². The Morgan fingerprint density at radius 1 is 1.21 bits per heavy atom. The Morgan fingerprint density at radius 3 is 2.69 bits per heavy atom. The van der Waals surface area contributed by atoms with Gasteiger partial charge in [0.15, 0.2) is 0 Å². The number of rotatable bonds is 9. The number of carbonyl (C=O) groups is 1. The molecule has 154 valence electrons. The fourth-order valence-electron chi connectivity index (χ4n) is 3.05. The van der Waals surface area contributed by atoms with Crippen LogP contribution in [-0.4, -0.2) is 33.8 Å². The SMILES string of the molecule is CCOc1nc2c(C)cc(OCCCC(=O)O)cc2n1Cc1ccc(Cl)cc1Cl. The van der Waals surface area contributed by atoms with Gasteiger partial charge in [-0.05, 0) is 49.6 Å². The van der Waals surface area contributed by atoms with Crippen LogP contribution in [0.1, 0.15) is 30.9 Å². The normalized spacial score (nSPS) is 11.0. The van der Waals surface area contributed by atoms with Crippen LogP contribution in [0.3, 0.4) is 0 Å². The molecular weight excluding hydrogens is 415 g/mol. The lowest BCUT2D eigenvalue weighted by molar-refractivity contribution is -0.137. The number of ether oxygens (including phenoxy) is 2. The molecule has 3 rings (SSSR count). The van der Waals surface area contributed by atoms with Crippen molar-refractivity contribution in [2.45, 2.75) is 33.2 Å². The van der Waals surface area contributed by atoms with Gasteiger partial charge in [-0.15, -0.1) is 0 Å². The molecule has 0 atom stereocenters. The van der Waals surface area contributed by atoms with Gasteiger partial charge >= 0.3 is 5.97 Å². The number of benzene rings is 2. The van der Waals surface area contributed by atoms with E-state index >= 15 is 0 Å². The summed E-state index contributed by atoms with van der Waals surface area (Å²) >= 11 is 12.4. The molecule has 0 aliphatic heterocycles. The predicted molar refractivity (Wildman–Crippen MR) is 114 cm³/mol. The largest absolute Gasteiger partial charge is 0.493 e. The number of carboxylic acid groups (broad SMARTS) is 1. The van der Waals surface area contributed by atoms with E-state index in [9.17, 15) is 4.79 Å². The van der Waals surface area contributed by atoms with E-state index in [4.69, 9.17) is 37.8 Å². The van der Waals surface area contributed by atoms with Gasteiger partial charge in [-0.25, -0.2) is 0 Å². The number of imidazole rings is 1. The fraction of sp³-hybridized carbons (Fsp3) is 0.333. The molecule has 0 bridgehead atoms. The molecule has 0 aliphatic carbocycles. The second-order valence-corrected chi connectivity index (χ2v) is 7.45. The molecule has 6 nitrogen and oxygen atoms in total. The Hall–Kier alpha value is -2.44. The van der Waals surface area contributed by atoms with Crippen LogP contribution in [0, 0.1) is 6.92 Å². The molecule has 2 aromatic carbocycles. The number of hydrogen-bond acceptors (Lipinski definition) is 4. The number of aryl methyl sites for hydroxylation is 1. The van der Waals surface area contributed by atoms with Crippen LogP contribution in [0.5, 0.6) is 11.8 Å². The molecular formula is C21H22Cl2N2O4. The number of carboxylic acids is 1. The molecule has 8 heteroatoms. The number of fused-ring (bicyclic) bond motifs is 1. The van der Waals surface area contributed by atoms with Crippen molar-refractivity contribution in [3.8, 4) is 11.8 Å². The molecule has 0 spiro atoms. The lowest BCUT2D eigenvalue weighted by Gasteiger charge is -2.12. The summed E-state index contributed by atoms with van der Waals surface area (Å²) in [5.41, 5.74) is 3.50. The van der Waals surface area contributed by atoms with Gasteiger partial charge in [0.1, 0.15) is 5.75 Å². The molecule has 0 amide bonds. The molecule has 3 aromatic rings. The predicted octanol–water partition coefficient (Wildman–Crippen LogP) is 5.34. The standard InChI is InChI=1S/C21H22Cl2N2O4/c1-3-28-21-24-20-13(2)9-16(29-8-4-5-19(26)27)11-18(20)25(21)12-14-6-7-15(22)10-17(14)23/h6-7,9-11H,3-5,8,12H2,1-2H3,(H,26,27). The van der Waals surface area contributed by atoms with E-state index in [1.54, 1.807) is 12.1 Å². The average molecular weight is 437 g/mol. The van der Waals surface area contributed by atoms with Crippen LogP contribution < -0.4 is 9.47 Å². The number of nitrogens with zero attached hydrogens (tertiary/aromatic N) is 2. The highest BCUT2D eigenvalue weighted by atomic mass is 35.5. The molecule has 1 aromatic heterocycles. The molecule has 1 heterocycles. The lowest BCUT2D eigenvalue weighted by atomic mass is 10.2. The first-order valence-electron chi connectivity index (χ1n) is 9.31. The Morgan fingerprint density at radius 2 is 2.00 bits per heavy atom. The van der Waals surface area contributed by atoms with Crippen molar-refractivity contribution in [3.05, 3.63) is 51.5 Å². The zero-order valence-corrected chi connectivity index (χ0v) is 17.8. The minimum absolute atomic E-state index is 0.0721. The monoisotopic (exact) mass is 436 g/mol. The van der Waals surface area contributed by atoms with Crippen LogP contribution in [0.4, 0.5) is 0 Å². The van der Waals surface area contributed by atoms with Gasteiger partial charge in [0.05, 0.1) is 30.8 Å². The Bertz CT molecular complexity index is 1030. The molecule has 1 N–H and O–H groups in total. The van der Waals surface area contributed by atoms with Crippen molar-refractivity contribution < 1.29 is 19.4 Å². The third-order valence-corrected chi connectivity index (χ3v) is 4.99. The highest BCUT2D eigenvalue weighted by Gasteiger charge is 2.17. The van der Waals surface area contributed by atoms with Gasteiger partial charge < -0.3 is 14.6 Å². The van der Waals surface area contributed by atoms with Gasteiger partial charge in [0, 0.05) is 22.5 Å². The maximum Gasteiger partial charge on any atom is 0.303 e. The van der Waals surface area contributed by atoms with Crippen LogP contribution in [0.15, 0.2) is 30.3 Å². The summed E-state index contributed by atoms with van der Waals surface area (Å²) < 4.78 is 13.5. The highest BCUT2D eigenvalue weighted by Crippen LogP contribution is 2.31. The molecule has 0 radical (unpaired) electrons. The second-order valence-electron chi connectivity index (χ2n) is 6.60. The Balaban J connectivity index is 1.96. The van der Waals surface area contributed by atoms with Crippen LogP contribution in [-0.2, 0) is 11.3 Å². The molecule has 29 heavy (non-hydrogen) atoms. The van der Waals surface area contributed by atoms with Crippen molar-refractivity contribution in [1.82, 2.24) is 9.55 Å². The quantitative estimate of drug-likeness (QED) is 0.458. The van der Waals surface area contributed by atoms with Crippen molar-refractivity contribution in [2.75, 3.05) is 13.2 Å². The first kappa shape index (κ1) is 21.3. The van der Waals surface area contributed by atoms with E-state index in [2.05, 4.69) is 4.98 Å². The Labute approximate surface area is 179 Å². The molecule has 0 fully saturated rings. The summed E-state index contributed by atoms with van der Waals surface area (Å²) in [6.45, 7) is 5.13. The van der Waals surface area contributed by atoms with Crippen LogP contribution >= 0.6 is 23.2 Å². The van der Waals surface area contributed by atoms with E-state index in [1.807, 2.05) is 36.6 Å². The fourth-order valence-corrected chi connectivity index (χ4v) is 3.52. The minimum atomic E-state index is -0.834. The molecule has 0 unspecified atom stereocenters. The van der Waals surface area contributed by atoms with Crippen molar-refractivity contribution in [1.29, 1.82) is 0 Å². The van der Waals surface area contributed by atoms with E-state index in [-0.39, 0.29) is 6.42 Å². The summed E-state index contributed by atoms with van der Waals surface area (Å²) in [4.78, 5) is 15.3. The topological polar surface area (TPSA) is 73.6 Å². The molecule has 0 saturated carbocycles. The van der Waals surface area contributed by atoms with Crippen LogP contribution in [0.2, 0.25) is 10.0 Å². The summed E-state index contributed by atoms with van der Waals surface area (Å²) in [6, 6.07) is 9.67. The third kappa shape index (κ3) is 5.14. The van der Waals surface area contributed by atoms with Gasteiger partial charge in [-0.2, -0.15) is 4.98 Å². The van der Waals surface area contributed by atoms with Gasteiger partial charge in [-0.3, -0.25) is 9.36 Å². The number of aromatic nitrogens is 2. The highest BCUT2D eigenvalue weighted by molar-refractivity contribution is 6.35. The lowest BCUT2D eigenvalue weighted by Crippen LogP contribution is -2.06. The number of aliphatic carboxylic acids is 1. The van der Waals surface area contributed by atoms with Gasteiger partial charge in [-0.1, -0.05) is 29.3 Å². The zero-order chi connectivity index (χ0) is 21.0. The van der Waals surface area contributed by atoms with Gasteiger partial charge in [0.25, 0.3) is 6.01 Å².